The molecule has 100 valence electrons. The van der Waals surface area contributed by atoms with Crippen LogP contribution in [0.4, 0.5) is 5.95 Å². The molecule has 0 fully saturated rings. The largest absolute Gasteiger partial charge is 0.463 e. The number of halogens is 2. The lowest BCUT2D eigenvalue weighted by Gasteiger charge is -2.02. The molecule has 1 aromatic carbocycles. The number of carbonyl (C=O) groups excluding carboxylic acids is 1. The van der Waals surface area contributed by atoms with Crippen molar-refractivity contribution in [3.63, 3.8) is 0 Å². The fourth-order valence-corrected chi connectivity index (χ4v) is 1.89. The summed E-state index contributed by atoms with van der Waals surface area (Å²) in [7, 11) is 0. The number of nitrogens with one attached hydrogen (secondary N) is 2. The highest BCUT2D eigenvalue weighted by Gasteiger charge is 2.11. The number of carbonyl (C=O) groups is 1. The number of ether oxygens (including phenoxy) is 1. The molecule has 0 spiro atoms. The van der Waals surface area contributed by atoms with Gasteiger partial charge < -0.3 is 4.74 Å². The Morgan fingerprint density at radius 3 is 2.68 bits per heavy atom. The van der Waals surface area contributed by atoms with E-state index in [1.54, 1.807) is 6.07 Å². The third-order valence-electron chi connectivity index (χ3n) is 2.10. The molecule has 0 aliphatic heterocycles. The first-order valence-electron chi connectivity index (χ1n) is 5.41. The molecule has 0 bridgehead atoms. The van der Waals surface area contributed by atoms with Gasteiger partial charge in [0.2, 0.25) is 5.95 Å². The quantitative estimate of drug-likeness (QED) is 0.910. The van der Waals surface area contributed by atoms with Crippen LogP contribution in [0.2, 0.25) is 10.0 Å². The summed E-state index contributed by atoms with van der Waals surface area (Å²) >= 11 is 11.6. The van der Waals surface area contributed by atoms with Crippen molar-refractivity contribution < 1.29 is 9.53 Å². The van der Waals surface area contributed by atoms with Crippen LogP contribution in [0.5, 0.6) is 6.01 Å². The molecule has 0 aliphatic carbocycles. The number of benzene rings is 1. The molecular formula is C11H10Cl2N4O2. The van der Waals surface area contributed by atoms with Crippen molar-refractivity contribution in [1.82, 2.24) is 15.2 Å². The molecule has 0 aliphatic rings. The molecule has 2 aromatic rings. The molecule has 0 unspecified atom stereocenters. The van der Waals surface area contributed by atoms with Gasteiger partial charge in [0.05, 0.1) is 6.61 Å². The SMILES string of the molecule is CCOc1n[nH]c(NC(=O)c2cc(Cl)cc(Cl)c2)n1. The van der Waals surface area contributed by atoms with Crippen LogP contribution < -0.4 is 10.1 Å². The van der Waals surface area contributed by atoms with E-state index in [2.05, 4.69) is 20.5 Å². The molecule has 2 N–H and O–H groups in total. The maximum Gasteiger partial charge on any atom is 0.337 e. The van der Waals surface area contributed by atoms with Gasteiger partial charge in [0.1, 0.15) is 0 Å². The Morgan fingerprint density at radius 2 is 2.05 bits per heavy atom. The summed E-state index contributed by atoms with van der Waals surface area (Å²) in [4.78, 5) is 15.9. The molecule has 1 aromatic heterocycles. The van der Waals surface area contributed by atoms with Crippen LogP contribution in [-0.2, 0) is 0 Å². The smallest absolute Gasteiger partial charge is 0.337 e. The highest BCUT2D eigenvalue weighted by Crippen LogP contribution is 2.19. The molecule has 0 saturated heterocycles. The zero-order valence-electron chi connectivity index (χ0n) is 9.91. The van der Waals surface area contributed by atoms with E-state index in [1.807, 2.05) is 6.92 Å². The number of rotatable bonds is 4. The molecule has 0 atom stereocenters. The zero-order valence-corrected chi connectivity index (χ0v) is 11.4. The molecule has 19 heavy (non-hydrogen) atoms. The lowest BCUT2D eigenvalue weighted by Crippen LogP contribution is -2.13. The van der Waals surface area contributed by atoms with Gasteiger partial charge in [-0.05, 0) is 25.1 Å². The fourth-order valence-electron chi connectivity index (χ4n) is 1.36. The summed E-state index contributed by atoms with van der Waals surface area (Å²) in [6, 6.07) is 4.72. The predicted octanol–water partition coefficient (Wildman–Crippen LogP) is 2.76. The van der Waals surface area contributed by atoms with Gasteiger partial charge >= 0.3 is 6.01 Å². The van der Waals surface area contributed by atoms with Crippen LogP contribution in [0.15, 0.2) is 18.2 Å². The van der Waals surface area contributed by atoms with Crippen LogP contribution in [0.1, 0.15) is 17.3 Å². The molecule has 0 radical (unpaired) electrons. The summed E-state index contributed by atoms with van der Waals surface area (Å²) in [6.45, 7) is 2.25. The predicted molar refractivity (Wildman–Crippen MR) is 72.0 cm³/mol. The number of nitrogens with zero attached hydrogens (tertiary/aromatic N) is 2. The number of amides is 1. The van der Waals surface area contributed by atoms with E-state index in [1.165, 1.54) is 12.1 Å². The zero-order chi connectivity index (χ0) is 13.8. The number of aromatic amines is 1. The molecular weight excluding hydrogens is 291 g/mol. The monoisotopic (exact) mass is 300 g/mol. The highest BCUT2D eigenvalue weighted by molar-refractivity contribution is 6.35. The first-order chi connectivity index (χ1) is 9.08. The van der Waals surface area contributed by atoms with Crippen molar-refractivity contribution >= 4 is 35.1 Å². The Balaban J connectivity index is 2.11. The van der Waals surface area contributed by atoms with Gasteiger partial charge in [-0.3, -0.25) is 10.1 Å². The molecule has 6 nitrogen and oxygen atoms in total. The van der Waals surface area contributed by atoms with E-state index >= 15 is 0 Å². The van der Waals surface area contributed by atoms with E-state index < -0.39 is 5.91 Å². The van der Waals surface area contributed by atoms with Crippen LogP contribution in [0.3, 0.4) is 0 Å². The Labute approximate surface area is 119 Å². The van der Waals surface area contributed by atoms with Gasteiger partial charge in [-0.15, -0.1) is 5.10 Å². The first-order valence-corrected chi connectivity index (χ1v) is 6.16. The molecule has 8 heteroatoms. The van der Waals surface area contributed by atoms with Gasteiger partial charge in [-0.1, -0.05) is 23.2 Å². The lowest BCUT2D eigenvalue weighted by atomic mass is 10.2. The van der Waals surface area contributed by atoms with Crippen molar-refractivity contribution in [2.45, 2.75) is 6.92 Å². The minimum Gasteiger partial charge on any atom is -0.463 e. The minimum atomic E-state index is -0.399. The van der Waals surface area contributed by atoms with E-state index in [0.29, 0.717) is 22.2 Å². The van der Waals surface area contributed by atoms with Crippen LogP contribution >= 0.6 is 23.2 Å². The number of hydrogen-bond donors (Lipinski definition) is 2. The topological polar surface area (TPSA) is 79.9 Å². The Kier molecular flexibility index (Phi) is 4.24. The van der Waals surface area contributed by atoms with Crippen molar-refractivity contribution in [3.8, 4) is 6.01 Å². The molecule has 1 amide bonds. The van der Waals surface area contributed by atoms with E-state index in [4.69, 9.17) is 27.9 Å². The number of H-pyrrole nitrogens is 1. The minimum absolute atomic E-state index is 0.168. The molecule has 2 rings (SSSR count). The molecule has 0 saturated carbocycles. The summed E-state index contributed by atoms with van der Waals surface area (Å²) in [6.07, 6.45) is 0. The third kappa shape index (κ3) is 3.59. The second-order valence-corrected chi connectivity index (χ2v) is 4.38. The number of hydrogen-bond acceptors (Lipinski definition) is 4. The highest BCUT2D eigenvalue weighted by atomic mass is 35.5. The Hall–Kier alpha value is -1.79. The Morgan fingerprint density at radius 1 is 1.37 bits per heavy atom. The summed E-state index contributed by atoms with van der Waals surface area (Å²) < 4.78 is 5.07. The summed E-state index contributed by atoms with van der Waals surface area (Å²) in [5.74, 6) is -0.215. The van der Waals surface area contributed by atoms with Gasteiger partial charge in [-0.2, -0.15) is 4.98 Å². The van der Waals surface area contributed by atoms with Gasteiger partial charge in [-0.25, -0.2) is 5.10 Å². The number of anilines is 1. The normalized spacial score (nSPS) is 10.3. The first kappa shape index (κ1) is 13.6. The van der Waals surface area contributed by atoms with Crippen molar-refractivity contribution in [2.24, 2.45) is 0 Å². The van der Waals surface area contributed by atoms with Gasteiger partial charge in [0.15, 0.2) is 0 Å². The van der Waals surface area contributed by atoms with Gasteiger partial charge in [0.25, 0.3) is 5.91 Å². The Bertz CT molecular complexity index is 580. The summed E-state index contributed by atoms with van der Waals surface area (Å²) in [5.41, 5.74) is 0.326. The maximum absolute atomic E-state index is 11.9. The average Bonchev–Trinajstić information content (AvgIpc) is 2.76. The van der Waals surface area contributed by atoms with Crippen LogP contribution in [0, 0.1) is 0 Å². The second kappa shape index (κ2) is 5.90. The fraction of sp³-hybridized carbons (Fsp3) is 0.182. The molecule has 1 heterocycles. The van der Waals surface area contributed by atoms with Crippen molar-refractivity contribution in [2.75, 3.05) is 11.9 Å². The van der Waals surface area contributed by atoms with E-state index in [9.17, 15) is 4.79 Å². The maximum atomic E-state index is 11.9. The van der Waals surface area contributed by atoms with Crippen LogP contribution in [0.25, 0.3) is 0 Å². The van der Waals surface area contributed by atoms with Crippen molar-refractivity contribution in [1.29, 1.82) is 0 Å². The van der Waals surface area contributed by atoms with Crippen LogP contribution in [-0.4, -0.2) is 27.7 Å². The van der Waals surface area contributed by atoms with E-state index in [0.717, 1.165) is 0 Å². The lowest BCUT2D eigenvalue weighted by molar-refractivity contribution is 0.102. The van der Waals surface area contributed by atoms with Gasteiger partial charge in [0, 0.05) is 15.6 Å². The van der Waals surface area contributed by atoms with E-state index in [-0.39, 0.29) is 12.0 Å². The number of aromatic nitrogens is 3. The van der Waals surface area contributed by atoms with Crippen molar-refractivity contribution in [3.05, 3.63) is 33.8 Å². The standard InChI is InChI=1S/C11H10Cl2N4O2/c1-2-19-11-15-10(16-17-11)14-9(18)6-3-7(12)5-8(13)4-6/h3-5H,2H2,1H3,(H2,14,15,16,17,18). The average molecular weight is 301 g/mol. The second-order valence-electron chi connectivity index (χ2n) is 3.51. The third-order valence-corrected chi connectivity index (χ3v) is 2.53. The summed E-state index contributed by atoms with van der Waals surface area (Å²) in [5, 5.41) is 9.58.